The zero-order chi connectivity index (χ0) is 9.68. The fourth-order valence-electron chi connectivity index (χ4n) is 1.91. The van der Waals surface area contributed by atoms with E-state index < -0.39 is 0 Å². The second-order valence-electron chi connectivity index (χ2n) is 3.52. The van der Waals surface area contributed by atoms with Gasteiger partial charge in [-0.05, 0) is 38.9 Å². The van der Waals surface area contributed by atoms with Gasteiger partial charge in [-0.1, -0.05) is 30.9 Å². The number of likely N-dealkylation sites (tertiary alicyclic amines) is 1. The van der Waals surface area contributed by atoms with Crippen LogP contribution >= 0.6 is 0 Å². The largest absolute Gasteiger partial charge is 0.299 e. The van der Waals surface area contributed by atoms with Crippen molar-refractivity contribution >= 4 is 0 Å². The molecule has 1 aliphatic heterocycles. The van der Waals surface area contributed by atoms with E-state index in [1.165, 1.54) is 25.0 Å². The van der Waals surface area contributed by atoms with E-state index in [4.69, 9.17) is 0 Å². The van der Waals surface area contributed by atoms with Gasteiger partial charge in [0.15, 0.2) is 0 Å². The standard InChI is InChI=1S/C12H19N/c1-4-6-8-11(5-2)12-9-7-10-13(12)3/h4-6,8,12H,1,7,9-10H2,2-3H3. The Balaban J connectivity index is 2.66. The highest BCUT2D eigenvalue weighted by atomic mass is 15.1. The fourth-order valence-corrected chi connectivity index (χ4v) is 1.91. The van der Waals surface area contributed by atoms with Crippen molar-refractivity contribution in [2.75, 3.05) is 13.6 Å². The van der Waals surface area contributed by atoms with Crippen LogP contribution in [0.1, 0.15) is 19.8 Å². The van der Waals surface area contributed by atoms with Gasteiger partial charge < -0.3 is 0 Å². The van der Waals surface area contributed by atoms with Crippen LogP contribution in [0.2, 0.25) is 0 Å². The molecule has 0 radical (unpaired) electrons. The van der Waals surface area contributed by atoms with Crippen molar-refractivity contribution in [3.63, 3.8) is 0 Å². The zero-order valence-electron chi connectivity index (χ0n) is 8.66. The van der Waals surface area contributed by atoms with Crippen molar-refractivity contribution in [3.05, 3.63) is 36.5 Å². The Morgan fingerprint density at radius 1 is 1.54 bits per heavy atom. The summed E-state index contributed by atoms with van der Waals surface area (Å²) in [6.45, 7) is 7.02. The molecule has 0 N–H and O–H groups in total. The second-order valence-corrected chi connectivity index (χ2v) is 3.52. The lowest BCUT2D eigenvalue weighted by atomic mass is 10.0. The maximum absolute atomic E-state index is 3.68. The van der Waals surface area contributed by atoms with Gasteiger partial charge in [-0.2, -0.15) is 0 Å². The number of hydrogen-bond donors (Lipinski definition) is 0. The molecule has 0 aromatic heterocycles. The number of allylic oxidation sites excluding steroid dienone is 3. The quantitative estimate of drug-likeness (QED) is 0.599. The molecule has 0 saturated carbocycles. The molecular weight excluding hydrogens is 158 g/mol. The summed E-state index contributed by atoms with van der Waals surface area (Å²) in [6, 6.07) is 0.626. The minimum absolute atomic E-state index is 0.626. The van der Waals surface area contributed by atoms with Crippen molar-refractivity contribution in [3.8, 4) is 0 Å². The number of rotatable bonds is 3. The molecule has 0 amide bonds. The van der Waals surface area contributed by atoms with E-state index in [0.29, 0.717) is 6.04 Å². The molecule has 13 heavy (non-hydrogen) atoms. The van der Waals surface area contributed by atoms with E-state index in [0.717, 1.165) is 0 Å². The fraction of sp³-hybridized carbons (Fsp3) is 0.500. The Labute approximate surface area is 81.4 Å². The monoisotopic (exact) mass is 177 g/mol. The maximum atomic E-state index is 3.68. The lowest BCUT2D eigenvalue weighted by molar-refractivity contribution is 0.348. The Hall–Kier alpha value is -0.820. The van der Waals surface area contributed by atoms with E-state index in [2.05, 4.69) is 37.6 Å². The lowest BCUT2D eigenvalue weighted by Crippen LogP contribution is -2.25. The molecule has 1 rings (SSSR count). The Morgan fingerprint density at radius 2 is 2.31 bits per heavy atom. The van der Waals surface area contributed by atoms with Gasteiger partial charge in [0.05, 0.1) is 0 Å². The van der Waals surface area contributed by atoms with Crippen LogP contribution in [-0.4, -0.2) is 24.5 Å². The molecule has 0 spiro atoms. The van der Waals surface area contributed by atoms with Crippen molar-refractivity contribution in [2.24, 2.45) is 0 Å². The van der Waals surface area contributed by atoms with Gasteiger partial charge in [0.2, 0.25) is 0 Å². The van der Waals surface area contributed by atoms with E-state index in [-0.39, 0.29) is 0 Å². The number of likely N-dealkylation sites (N-methyl/N-ethyl adjacent to an activating group) is 1. The molecule has 0 aliphatic carbocycles. The normalized spacial score (nSPS) is 25.7. The summed E-state index contributed by atoms with van der Waals surface area (Å²) in [6.07, 6.45) is 10.8. The van der Waals surface area contributed by atoms with Crippen LogP contribution in [0.25, 0.3) is 0 Å². The summed E-state index contributed by atoms with van der Waals surface area (Å²) in [7, 11) is 2.20. The average molecular weight is 177 g/mol. The van der Waals surface area contributed by atoms with Crippen LogP contribution in [0.5, 0.6) is 0 Å². The predicted molar refractivity (Wildman–Crippen MR) is 58.7 cm³/mol. The summed E-state index contributed by atoms with van der Waals surface area (Å²) in [5, 5.41) is 0. The van der Waals surface area contributed by atoms with Crippen LogP contribution < -0.4 is 0 Å². The van der Waals surface area contributed by atoms with Gasteiger partial charge in [-0.15, -0.1) is 0 Å². The minimum atomic E-state index is 0.626. The van der Waals surface area contributed by atoms with Crippen LogP contribution in [-0.2, 0) is 0 Å². The van der Waals surface area contributed by atoms with Crippen molar-refractivity contribution < 1.29 is 0 Å². The molecule has 1 saturated heterocycles. The molecule has 1 unspecified atom stereocenters. The summed E-state index contributed by atoms with van der Waals surface area (Å²) in [5.41, 5.74) is 1.42. The van der Waals surface area contributed by atoms with Crippen molar-refractivity contribution in [2.45, 2.75) is 25.8 Å². The van der Waals surface area contributed by atoms with Gasteiger partial charge in [0, 0.05) is 6.04 Å². The minimum Gasteiger partial charge on any atom is -0.299 e. The topological polar surface area (TPSA) is 3.24 Å². The van der Waals surface area contributed by atoms with Gasteiger partial charge in [0.25, 0.3) is 0 Å². The molecule has 1 nitrogen and oxygen atoms in total. The van der Waals surface area contributed by atoms with E-state index in [9.17, 15) is 0 Å². The first kappa shape index (κ1) is 10.3. The van der Waals surface area contributed by atoms with Gasteiger partial charge >= 0.3 is 0 Å². The smallest absolute Gasteiger partial charge is 0.0342 e. The molecule has 1 aliphatic rings. The molecule has 0 bridgehead atoms. The molecule has 0 aromatic carbocycles. The predicted octanol–water partition coefficient (Wildman–Crippen LogP) is 2.77. The molecule has 1 fully saturated rings. The van der Waals surface area contributed by atoms with Crippen LogP contribution in [0.4, 0.5) is 0 Å². The number of hydrogen-bond acceptors (Lipinski definition) is 1. The van der Waals surface area contributed by atoms with Crippen LogP contribution in [0, 0.1) is 0 Å². The summed E-state index contributed by atoms with van der Waals surface area (Å²) in [5.74, 6) is 0. The zero-order valence-corrected chi connectivity index (χ0v) is 8.66. The summed E-state index contributed by atoms with van der Waals surface area (Å²) < 4.78 is 0. The van der Waals surface area contributed by atoms with Crippen LogP contribution in [0.3, 0.4) is 0 Å². The first-order valence-corrected chi connectivity index (χ1v) is 4.95. The molecule has 1 atom stereocenters. The van der Waals surface area contributed by atoms with Gasteiger partial charge in [0.1, 0.15) is 0 Å². The molecule has 1 heteroatoms. The second kappa shape index (κ2) is 5.03. The molecule has 72 valence electrons. The van der Waals surface area contributed by atoms with Gasteiger partial charge in [-0.3, -0.25) is 4.90 Å². The lowest BCUT2D eigenvalue weighted by Gasteiger charge is -2.20. The van der Waals surface area contributed by atoms with Crippen LogP contribution in [0.15, 0.2) is 36.5 Å². The maximum Gasteiger partial charge on any atom is 0.0342 e. The van der Waals surface area contributed by atoms with E-state index >= 15 is 0 Å². The third kappa shape index (κ3) is 2.56. The molecular formula is C12H19N. The van der Waals surface area contributed by atoms with E-state index in [1.54, 1.807) is 0 Å². The Bertz CT molecular complexity index is 225. The third-order valence-corrected chi connectivity index (χ3v) is 2.66. The third-order valence-electron chi connectivity index (χ3n) is 2.66. The van der Waals surface area contributed by atoms with E-state index in [1.807, 2.05) is 12.2 Å². The summed E-state index contributed by atoms with van der Waals surface area (Å²) >= 11 is 0. The SMILES string of the molecule is C=CC=CC(=CC)C1CCCN1C. The first-order valence-electron chi connectivity index (χ1n) is 4.95. The van der Waals surface area contributed by atoms with Gasteiger partial charge in [-0.25, -0.2) is 0 Å². The Morgan fingerprint density at radius 3 is 2.77 bits per heavy atom. The average Bonchev–Trinajstić information content (AvgIpc) is 2.54. The summed E-state index contributed by atoms with van der Waals surface area (Å²) in [4.78, 5) is 2.42. The molecule has 1 heterocycles. The van der Waals surface area contributed by atoms with Crippen molar-refractivity contribution in [1.29, 1.82) is 0 Å². The van der Waals surface area contributed by atoms with Crippen molar-refractivity contribution in [1.82, 2.24) is 4.90 Å². The number of nitrogens with zero attached hydrogens (tertiary/aromatic N) is 1. The highest BCUT2D eigenvalue weighted by Crippen LogP contribution is 2.22. The first-order chi connectivity index (χ1) is 6.29. The highest BCUT2D eigenvalue weighted by molar-refractivity contribution is 5.27. The Kier molecular flexibility index (Phi) is 3.97. The molecule has 0 aromatic rings. The highest BCUT2D eigenvalue weighted by Gasteiger charge is 2.22.